The molecular formula is C40H44Cl2F2N8O6. The lowest BCUT2D eigenvalue weighted by Crippen LogP contribution is -2.48. The molecule has 4 aromatic rings. The van der Waals surface area contributed by atoms with Crippen molar-refractivity contribution >= 4 is 69.7 Å². The van der Waals surface area contributed by atoms with Gasteiger partial charge in [0.25, 0.3) is 12.3 Å². The number of halogens is 4. The number of carbonyl (C=O) groups is 4. The predicted octanol–water partition coefficient (Wildman–Crippen LogP) is 6.36. The Balaban J connectivity index is 0.940. The molecule has 4 N–H and O–H groups in total. The molecule has 1 atom stereocenters. The molecule has 6 heterocycles. The largest absolute Gasteiger partial charge is 0.490 e. The standard InChI is InChI=1S/C40H44Cl2F2N8O6/c1-22(2)58-32-18-34-47-30(21-52(34)20-24(32)38(55)48-33-5-3-4-27(46-33)37(43)44)23-8-12-51(13-9-23)36(54)19-40(57)10-14-50(15-11-40)31-17-25(41)29(16-26(31)42)45-28-6-7-35(53)49-39(28)56/h3-5,16-18,20-23,28,37,45,57H,6-15,19H2,1-2H3,(H,46,48,55)(H,49,53,56). The maximum absolute atomic E-state index is 13.5. The SMILES string of the molecule is CC(C)Oc1cc2nc(C3CCN(C(=O)CC4(O)CCN(c5cc(Cl)c(NC6CCC(=O)NC6=O)cc5Cl)CC4)CC3)cn2cc1C(=O)Nc1cccc(C(F)F)n1. The van der Waals surface area contributed by atoms with Crippen LogP contribution in [0.5, 0.6) is 5.75 Å². The van der Waals surface area contributed by atoms with Crippen LogP contribution in [-0.4, -0.2) is 91.9 Å². The number of hydrogen-bond acceptors (Lipinski definition) is 10. The van der Waals surface area contributed by atoms with E-state index in [9.17, 15) is 33.1 Å². The van der Waals surface area contributed by atoms with Crippen LogP contribution in [0.15, 0.2) is 48.8 Å². The van der Waals surface area contributed by atoms with Crippen LogP contribution in [-0.2, 0) is 14.4 Å². The van der Waals surface area contributed by atoms with Gasteiger partial charge >= 0.3 is 0 Å². The molecule has 0 radical (unpaired) electrons. The molecule has 0 aliphatic carbocycles. The first-order valence-electron chi connectivity index (χ1n) is 19.2. The Morgan fingerprint density at radius 3 is 2.45 bits per heavy atom. The fourth-order valence-electron chi connectivity index (χ4n) is 7.65. The minimum atomic E-state index is -2.78. The number of benzene rings is 1. The van der Waals surface area contributed by atoms with Crippen molar-refractivity contribution in [2.24, 2.45) is 0 Å². The summed E-state index contributed by atoms with van der Waals surface area (Å²) in [5.74, 6) is -1.10. The Morgan fingerprint density at radius 1 is 1.02 bits per heavy atom. The van der Waals surface area contributed by atoms with Crippen LogP contribution in [0.25, 0.3) is 5.65 Å². The summed E-state index contributed by atoms with van der Waals surface area (Å²) < 4.78 is 34.1. The van der Waals surface area contributed by atoms with E-state index in [2.05, 4.69) is 20.9 Å². The molecule has 14 nitrogen and oxygen atoms in total. The number of anilines is 3. The quantitative estimate of drug-likeness (QED) is 0.125. The number of piperidine rings is 3. The number of imide groups is 1. The zero-order valence-corrected chi connectivity index (χ0v) is 33.5. The molecule has 0 bridgehead atoms. The lowest BCUT2D eigenvalue weighted by atomic mass is 9.86. The Morgan fingerprint density at radius 2 is 1.76 bits per heavy atom. The molecule has 308 valence electrons. The molecule has 3 aliphatic heterocycles. The average molecular weight is 842 g/mol. The van der Waals surface area contributed by atoms with Gasteiger partial charge in [0, 0.05) is 57.0 Å². The summed E-state index contributed by atoms with van der Waals surface area (Å²) in [4.78, 5) is 63.1. The van der Waals surface area contributed by atoms with E-state index in [-0.39, 0.29) is 53.8 Å². The van der Waals surface area contributed by atoms with Gasteiger partial charge in [0.05, 0.1) is 50.8 Å². The van der Waals surface area contributed by atoms with E-state index in [1.165, 1.54) is 18.2 Å². The van der Waals surface area contributed by atoms with Gasteiger partial charge in [-0.3, -0.25) is 24.5 Å². The van der Waals surface area contributed by atoms with E-state index in [1.54, 1.807) is 33.7 Å². The molecule has 18 heteroatoms. The van der Waals surface area contributed by atoms with Crippen LogP contribution < -0.4 is 25.6 Å². The highest BCUT2D eigenvalue weighted by Crippen LogP contribution is 2.39. The molecule has 0 spiro atoms. The Labute approximate surface area is 343 Å². The molecule has 3 saturated heterocycles. The van der Waals surface area contributed by atoms with Crippen molar-refractivity contribution in [2.75, 3.05) is 41.7 Å². The van der Waals surface area contributed by atoms with Crippen LogP contribution in [0.2, 0.25) is 10.0 Å². The second-order valence-electron chi connectivity index (χ2n) is 15.3. The van der Waals surface area contributed by atoms with Crippen molar-refractivity contribution in [2.45, 2.75) is 88.9 Å². The summed E-state index contributed by atoms with van der Waals surface area (Å²) in [6.45, 7) is 5.54. The fraction of sp³-hybridized carbons (Fsp3) is 0.450. The number of hydrogen-bond donors (Lipinski definition) is 4. The van der Waals surface area contributed by atoms with Crippen molar-refractivity contribution < 1.29 is 37.8 Å². The summed E-state index contributed by atoms with van der Waals surface area (Å²) in [5.41, 5.74) is 1.08. The molecule has 7 rings (SSSR count). The number of amides is 4. The van der Waals surface area contributed by atoms with Crippen molar-refractivity contribution in [3.63, 3.8) is 0 Å². The highest BCUT2D eigenvalue weighted by molar-refractivity contribution is 6.37. The van der Waals surface area contributed by atoms with Crippen LogP contribution in [0, 0.1) is 0 Å². The maximum atomic E-state index is 13.5. The number of nitrogens with zero attached hydrogens (tertiary/aromatic N) is 5. The number of alkyl halides is 2. The monoisotopic (exact) mass is 840 g/mol. The highest BCUT2D eigenvalue weighted by atomic mass is 35.5. The van der Waals surface area contributed by atoms with E-state index in [4.69, 9.17) is 32.9 Å². The molecule has 4 amide bonds. The van der Waals surface area contributed by atoms with E-state index in [0.717, 1.165) is 5.69 Å². The van der Waals surface area contributed by atoms with Gasteiger partial charge in [-0.1, -0.05) is 29.3 Å². The number of likely N-dealkylation sites (tertiary alicyclic amines) is 1. The molecule has 58 heavy (non-hydrogen) atoms. The van der Waals surface area contributed by atoms with E-state index >= 15 is 0 Å². The third-order valence-electron chi connectivity index (χ3n) is 10.8. The van der Waals surface area contributed by atoms with Crippen molar-refractivity contribution in [1.82, 2.24) is 24.6 Å². The van der Waals surface area contributed by atoms with E-state index in [1.807, 2.05) is 24.9 Å². The van der Waals surface area contributed by atoms with E-state index < -0.39 is 35.6 Å². The number of carbonyl (C=O) groups excluding carboxylic acids is 4. The third-order valence-corrected chi connectivity index (χ3v) is 11.4. The lowest BCUT2D eigenvalue weighted by molar-refractivity contribution is -0.138. The minimum Gasteiger partial charge on any atom is -0.490 e. The zero-order valence-electron chi connectivity index (χ0n) is 31.9. The zero-order chi connectivity index (χ0) is 41.3. The van der Waals surface area contributed by atoms with Gasteiger partial charge in [-0.15, -0.1) is 0 Å². The van der Waals surface area contributed by atoms with Gasteiger partial charge in [0.2, 0.25) is 17.7 Å². The Bertz CT molecular complexity index is 2220. The van der Waals surface area contributed by atoms with Gasteiger partial charge in [0.1, 0.15) is 29.0 Å². The van der Waals surface area contributed by atoms with Crippen LogP contribution in [0.3, 0.4) is 0 Å². The lowest BCUT2D eigenvalue weighted by Gasteiger charge is -2.41. The number of fused-ring (bicyclic) bond motifs is 1. The summed E-state index contributed by atoms with van der Waals surface area (Å²) in [7, 11) is 0. The third kappa shape index (κ3) is 9.29. The molecule has 3 fully saturated rings. The van der Waals surface area contributed by atoms with Gasteiger partial charge in [-0.25, -0.2) is 18.7 Å². The predicted molar refractivity (Wildman–Crippen MR) is 214 cm³/mol. The normalized spacial score (nSPS) is 18.8. The summed E-state index contributed by atoms with van der Waals surface area (Å²) in [6.07, 6.45) is 2.98. The molecule has 1 unspecified atom stereocenters. The molecule has 3 aliphatic rings. The van der Waals surface area contributed by atoms with Gasteiger partial charge in [0.15, 0.2) is 0 Å². The first-order valence-corrected chi connectivity index (χ1v) is 20.0. The fourth-order valence-corrected chi connectivity index (χ4v) is 8.14. The molecular weight excluding hydrogens is 797 g/mol. The van der Waals surface area contributed by atoms with E-state index in [0.29, 0.717) is 85.4 Å². The van der Waals surface area contributed by atoms with Gasteiger partial charge in [-0.05, 0) is 70.2 Å². The smallest absolute Gasteiger partial charge is 0.280 e. The molecule has 0 saturated carbocycles. The van der Waals surface area contributed by atoms with Crippen molar-refractivity contribution in [1.29, 1.82) is 0 Å². The Kier molecular flexibility index (Phi) is 12.1. The van der Waals surface area contributed by atoms with Crippen LogP contribution >= 0.6 is 23.2 Å². The maximum Gasteiger partial charge on any atom is 0.280 e. The van der Waals surface area contributed by atoms with Crippen LogP contribution in [0.1, 0.15) is 92.9 Å². The minimum absolute atomic E-state index is 0.00536. The number of nitrogens with one attached hydrogen (secondary N) is 3. The van der Waals surface area contributed by atoms with Gasteiger partial charge in [-0.2, -0.15) is 0 Å². The number of pyridine rings is 2. The van der Waals surface area contributed by atoms with Crippen molar-refractivity contribution in [3.8, 4) is 5.75 Å². The summed E-state index contributed by atoms with van der Waals surface area (Å²) >= 11 is 13.2. The van der Waals surface area contributed by atoms with Crippen LogP contribution in [0.4, 0.5) is 26.0 Å². The Hall–Kier alpha value is -5.06. The number of rotatable bonds is 11. The summed E-state index contributed by atoms with van der Waals surface area (Å²) in [6, 6.07) is 8.45. The van der Waals surface area contributed by atoms with Gasteiger partial charge < -0.3 is 34.7 Å². The number of aromatic nitrogens is 3. The first-order chi connectivity index (χ1) is 27.6. The second kappa shape index (κ2) is 17.0. The average Bonchev–Trinajstić information content (AvgIpc) is 3.60. The summed E-state index contributed by atoms with van der Waals surface area (Å²) in [5, 5.41) is 20.3. The topological polar surface area (TPSA) is 170 Å². The highest BCUT2D eigenvalue weighted by Gasteiger charge is 2.38. The number of imidazole rings is 1. The number of aliphatic hydroxyl groups is 1. The number of ether oxygens (including phenoxy) is 1. The van der Waals surface area contributed by atoms with Crippen molar-refractivity contribution in [3.05, 3.63) is 75.8 Å². The molecule has 3 aromatic heterocycles. The second-order valence-corrected chi connectivity index (χ2v) is 16.1. The molecule has 1 aromatic carbocycles. The first kappa shape index (κ1) is 41.1.